The lowest BCUT2D eigenvalue weighted by Crippen LogP contribution is -2.48. The van der Waals surface area contributed by atoms with Gasteiger partial charge in [0.05, 0.1) is 19.8 Å². The van der Waals surface area contributed by atoms with Gasteiger partial charge in [0.2, 0.25) is 0 Å². The first-order chi connectivity index (χ1) is 12.5. The quantitative estimate of drug-likeness (QED) is 0.750. The molecule has 2 unspecified atom stereocenters. The molecule has 3 fully saturated rings. The van der Waals surface area contributed by atoms with Crippen molar-refractivity contribution in [3.05, 3.63) is 18.0 Å². The Kier molecular flexibility index (Phi) is 4.89. The fourth-order valence-corrected chi connectivity index (χ4v) is 6.11. The van der Waals surface area contributed by atoms with Gasteiger partial charge in [0.15, 0.2) is 0 Å². The van der Waals surface area contributed by atoms with Crippen molar-refractivity contribution in [1.82, 2.24) is 18.6 Å². The first-order valence-electron chi connectivity index (χ1n) is 9.24. The SMILES string of the molecule is Cc1cnc(OCC23CCCC2CN(S(=O)(=O)N2CCOCC2)C3)nc1. The summed E-state index contributed by atoms with van der Waals surface area (Å²) in [5.74, 6) is 0.337. The zero-order valence-electron chi connectivity index (χ0n) is 15.1. The smallest absolute Gasteiger partial charge is 0.316 e. The zero-order valence-corrected chi connectivity index (χ0v) is 15.9. The van der Waals surface area contributed by atoms with Crippen LogP contribution in [0.3, 0.4) is 0 Å². The van der Waals surface area contributed by atoms with E-state index in [1.807, 2.05) is 6.92 Å². The Morgan fingerprint density at radius 3 is 2.73 bits per heavy atom. The molecule has 1 aromatic rings. The van der Waals surface area contributed by atoms with Gasteiger partial charge in [-0.15, -0.1) is 0 Å². The largest absolute Gasteiger partial charge is 0.463 e. The maximum absolute atomic E-state index is 13.0. The molecule has 1 saturated carbocycles. The van der Waals surface area contributed by atoms with E-state index in [2.05, 4.69) is 9.97 Å². The molecule has 2 atom stereocenters. The Morgan fingerprint density at radius 2 is 2.00 bits per heavy atom. The highest BCUT2D eigenvalue weighted by atomic mass is 32.2. The lowest BCUT2D eigenvalue weighted by atomic mass is 9.82. The van der Waals surface area contributed by atoms with Crippen molar-refractivity contribution in [2.75, 3.05) is 46.0 Å². The summed E-state index contributed by atoms with van der Waals surface area (Å²) in [7, 11) is -3.43. The maximum atomic E-state index is 13.0. The predicted octanol–water partition coefficient (Wildman–Crippen LogP) is 0.843. The number of hydrogen-bond donors (Lipinski definition) is 0. The molecule has 9 heteroatoms. The van der Waals surface area contributed by atoms with Gasteiger partial charge in [0.1, 0.15) is 0 Å². The van der Waals surface area contributed by atoms with Crippen molar-refractivity contribution in [1.29, 1.82) is 0 Å². The summed E-state index contributed by atoms with van der Waals surface area (Å²) in [6, 6.07) is 0.366. The van der Waals surface area contributed by atoms with E-state index in [0.29, 0.717) is 57.9 Å². The van der Waals surface area contributed by atoms with Crippen LogP contribution in [0.25, 0.3) is 0 Å². The van der Waals surface area contributed by atoms with E-state index in [0.717, 1.165) is 24.8 Å². The number of nitrogens with zero attached hydrogens (tertiary/aromatic N) is 4. The first kappa shape index (κ1) is 18.1. The van der Waals surface area contributed by atoms with E-state index in [9.17, 15) is 8.42 Å². The van der Waals surface area contributed by atoms with Crippen molar-refractivity contribution in [3.8, 4) is 6.01 Å². The van der Waals surface area contributed by atoms with Crippen LogP contribution in [0.5, 0.6) is 6.01 Å². The minimum atomic E-state index is -3.43. The summed E-state index contributed by atoms with van der Waals surface area (Å²) in [6.45, 7) is 5.30. The molecule has 2 aliphatic heterocycles. The molecular weight excluding hydrogens is 356 g/mol. The monoisotopic (exact) mass is 382 g/mol. The van der Waals surface area contributed by atoms with Gasteiger partial charge >= 0.3 is 6.01 Å². The maximum Gasteiger partial charge on any atom is 0.316 e. The molecule has 3 aliphatic rings. The standard InChI is InChI=1S/C17H26N4O4S/c1-14-9-18-16(19-10-14)25-13-17-4-2-3-15(17)11-21(12-17)26(22,23)20-5-7-24-8-6-20/h9-10,15H,2-8,11-13H2,1H3. The van der Waals surface area contributed by atoms with Crippen LogP contribution in [0.1, 0.15) is 24.8 Å². The molecule has 0 aromatic carbocycles. The van der Waals surface area contributed by atoms with Crippen molar-refractivity contribution in [2.45, 2.75) is 26.2 Å². The van der Waals surface area contributed by atoms with Crippen LogP contribution in [0.4, 0.5) is 0 Å². The van der Waals surface area contributed by atoms with Crippen LogP contribution in [-0.4, -0.2) is 73.0 Å². The molecule has 0 N–H and O–H groups in total. The van der Waals surface area contributed by atoms with E-state index in [1.54, 1.807) is 21.0 Å². The molecule has 0 spiro atoms. The van der Waals surface area contributed by atoms with E-state index < -0.39 is 10.2 Å². The average molecular weight is 382 g/mol. The highest BCUT2D eigenvalue weighted by Crippen LogP contribution is 2.49. The molecule has 144 valence electrons. The van der Waals surface area contributed by atoms with Gasteiger partial charge in [-0.05, 0) is 31.2 Å². The molecule has 0 bridgehead atoms. The average Bonchev–Trinajstić information content (AvgIpc) is 3.20. The minimum absolute atomic E-state index is 0.131. The van der Waals surface area contributed by atoms with Crippen molar-refractivity contribution in [3.63, 3.8) is 0 Å². The molecule has 0 amide bonds. The van der Waals surface area contributed by atoms with Crippen LogP contribution in [0.15, 0.2) is 12.4 Å². The third-order valence-electron chi connectivity index (χ3n) is 5.88. The predicted molar refractivity (Wildman–Crippen MR) is 94.9 cm³/mol. The Bertz CT molecular complexity index is 736. The number of aromatic nitrogens is 2. The Morgan fingerprint density at radius 1 is 1.27 bits per heavy atom. The van der Waals surface area contributed by atoms with E-state index in [1.165, 1.54) is 0 Å². The van der Waals surface area contributed by atoms with E-state index >= 15 is 0 Å². The topological polar surface area (TPSA) is 84.9 Å². The van der Waals surface area contributed by atoms with E-state index in [4.69, 9.17) is 9.47 Å². The highest BCUT2D eigenvalue weighted by Gasteiger charge is 2.53. The summed E-state index contributed by atoms with van der Waals surface area (Å²) < 4.78 is 40.4. The molecule has 8 nitrogen and oxygen atoms in total. The van der Waals surface area contributed by atoms with Gasteiger partial charge in [-0.25, -0.2) is 9.97 Å². The van der Waals surface area contributed by atoms with Crippen LogP contribution in [-0.2, 0) is 14.9 Å². The van der Waals surface area contributed by atoms with Crippen LogP contribution in [0, 0.1) is 18.3 Å². The summed E-state index contributed by atoms with van der Waals surface area (Å²) in [4.78, 5) is 8.41. The van der Waals surface area contributed by atoms with Crippen LogP contribution >= 0.6 is 0 Å². The molecule has 1 aliphatic carbocycles. The Hall–Kier alpha value is -1.29. The van der Waals surface area contributed by atoms with Gasteiger partial charge in [0.25, 0.3) is 10.2 Å². The second kappa shape index (κ2) is 7.03. The molecule has 4 rings (SSSR count). The lowest BCUT2D eigenvalue weighted by Gasteiger charge is -2.31. The number of morpholine rings is 1. The summed E-state index contributed by atoms with van der Waals surface area (Å²) in [6.07, 6.45) is 6.62. The number of ether oxygens (including phenoxy) is 2. The van der Waals surface area contributed by atoms with Crippen molar-refractivity contribution >= 4 is 10.2 Å². The van der Waals surface area contributed by atoms with Gasteiger partial charge in [-0.3, -0.25) is 0 Å². The van der Waals surface area contributed by atoms with Crippen molar-refractivity contribution < 1.29 is 17.9 Å². The Balaban J connectivity index is 1.46. The number of hydrogen-bond acceptors (Lipinski definition) is 6. The highest BCUT2D eigenvalue weighted by molar-refractivity contribution is 7.86. The van der Waals surface area contributed by atoms with Crippen LogP contribution < -0.4 is 4.74 Å². The first-order valence-corrected chi connectivity index (χ1v) is 10.6. The zero-order chi connectivity index (χ0) is 18.2. The molecule has 2 saturated heterocycles. The van der Waals surface area contributed by atoms with Crippen molar-refractivity contribution in [2.24, 2.45) is 11.3 Å². The van der Waals surface area contributed by atoms with E-state index in [-0.39, 0.29) is 5.41 Å². The summed E-state index contributed by atoms with van der Waals surface area (Å²) >= 11 is 0. The Labute approximate surface area is 154 Å². The van der Waals surface area contributed by atoms with Gasteiger partial charge in [-0.1, -0.05) is 6.42 Å². The second-order valence-electron chi connectivity index (χ2n) is 7.59. The van der Waals surface area contributed by atoms with Gasteiger partial charge in [0, 0.05) is 44.0 Å². The fraction of sp³-hybridized carbons (Fsp3) is 0.765. The molecule has 1 aromatic heterocycles. The summed E-state index contributed by atoms with van der Waals surface area (Å²) in [5.41, 5.74) is 0.853. The molecule has 26 heavy (non-hydrogen) atoms. The third-order valence-corrected chi connectivity index (χ3v) is 7.83. The number of aryl methyl sites for hydroxylation is 1. The van der Waals surface area contributed by atoms with Crippen LogP contribution in [0.2, 0.25) is 0 Å². The normalized spacial score (nSPS) is 30.4. The second-order valence-corrected chi connectivity index (χ2v) is 9.52. The number of rotatable bonds is 5. The van der Waals surface area contributed by atoms with Gasteiger partial charge < -0.3 is 9.47 Å². The molecule has 0 radical (unpaired) electrons. The third kappa shape index (κ3) is 3.33. The summed E-state index contributed by atoms with van der Waals surface area (Å²) in [5, 5.41) is 0. The minimum Gasteiger partial charge on any atom is -0.463 e. The fourth-order valence-electron chi connectivity index (χ4n) is 4.38. The molecular formula is C17H26N4O4S. The lowest BCUT2D eigenvalue weighted by molar-refractivity contribution is 0.0700. The number of fused-ring (bicyclic) bond motifs is 1. The van der Waals surface area contributed by atoms with Gasteiger partial charge in [-0.2, -0.15) is 17.0 Å². The molecule has 3 heterocycles.